The number of aliphatic imine (C=N–C) groups is 1. The maximum Gasteiger partial charge on any atom is 0.404 e. The van der Waals surface area contributed by atoms with Crippen LogP contribution in [0.5, 0.6) is 0 Å². The van der Waals surface area contributed by atoms with Crippen molar-refractivity contribution in [1.29, 1.82) is 0 Å². The number of amides is 1. The van der Waals surface area contributed by atoms with Gasteiger partial charge >= 0.3 is 6.09 Å². The molecule has 2 heterocycles. The molecule has 0 saturated carbocycles. The number of nitrogens with two attached hydrogens (primary N) is 1. The molecule has 0 spiro atoms. The van der Waals surface area contributed by atoms with Crippen molar-refractivity contribution in [2.45, 2.75) is 25.2 Å². The summed E-state index contributed by atoms with van der Waals surface area (Å²) in [5.41, 5.74) is 8.04. The van der Waals surface area contributed by atoms with Gasteiger partial charge in [-0.25, -0.2) is 4.79 Å². The van der Waals surface area contributed by atoms with Crippen molar-refractivity contribution in [2.24, 2.45) is 22.6 Å². The van der Waals surface area contributed by atoms with Crippen molar-refractivity contribution in [1.82, 2.24) is 4.98 Å². The summed E-state index contributed by atoms with van der Waals surface area (Å²) in [5.74, 6) is 0.148. The normalized spacial score (nSPS) is 16.3. The zero-order valence-corrected chi connectivity index (χ0v) is 18.4. The van der Waals surface area contributed by atoms with E-state index in [2.05, 4.69) is 18.8 Å². The molecule has 1 unspecified atom stereocenters. The molecule has 8 heteroatoms. The number of allylic oxidation sites excluding steroid dienone is 2. The van der Waals surface area contributed by atoms with Crippen LogP contribution in [0.25, 0.3) is 0 Å². The van der Waals surface area contributed by atoms with Crippen LogP contribution in [0.1, 0.15) is 19.4 Å². The van der Waals surface area contributed by atoms with Crippen molar-refractivity contribution in [3.8, 4) is 0 Å². The Labute approximate surface area is 184 Å². The molecule has 0 radical (unpaired) electrons. The molecule has 5 nitrogen and oxygen atoms in total. The summed E-state index contributed by atoms with van der Waals surface area (Å²) in [6.45, 7) is 4.24. The highest BCUT2D eigenvalue weighted by Crippen LogP contribution is 2.44. The highest BCUT2D eigenvalue weighted by Gasteiger charge is 2.32. The summed E-state index contributed by atoms with van der Waals surface area (Å²) in [5, 5.41) is 1.15. The van der Waals surface area contributed by atoms with E-state index in [1.165, 1.54) is 0 Å². The molecule has 0 saturated heterocycles. The van der Waals surface area contributed by atoms with Crippen LogP contribution >= 0.6 is 35.0 Å². The second-order valence-electron chi connectivity index (χ2n) is 6.93. The van der Waals surface area contributed by atoms with Gasteiger partial charge in [0.15, 0.2) is 0 Å². The van der Waals surface area contributed by atoms with E-state index in [9.17, 15) is 4.79 Å². The standard InChI is InChI=1S/C21H21Cl2N3O2S/c1-12(2)19-20(29-16-9-14(22)8-15(23)10-16)17(7-13-3-5-25-6-4-13)18(26-19)11-28-21(24)27/h3-6,8-10,12,17H,7,11H2,1-2H3,(H2,24,27). The van der Waals surface area contributed by atoms with Gasteiger partial charge in [-0.05, 0) is 48.2 Å². The number of hydrogen-bond acceptors (Lipinski definition) is 5. The summed E-state index contributed by atoms with van der Waals surface area (Å²) >= 11 is 14.0. The first-order valence-electron chi connectivity index (χ1n) is 9.10. The first-order chi connectivity index (χ1) is 13.8. The van der Waals surface area contributed by atoms with Crippen molar-refractivity contribution in [3.63, 3.8) is 0 Å². The fourth-order valence-corrected chi connectivity index (χ4v) is 5.14. The quantitative estimate of drug-likeness (QED) is 0.582. The van der Waals surface area contributed by atoms with E-state index in [-0.39, 0.29) is 18.4 Å². The lowest BCUT2D eigenvalue weighted by atomic mass is 9.95. The number of halogens is 2. The zero-order chi connectivity index (χ0) is 21.0. The number of nitrogens with zero attached hydrogens (tertiary/aromatic N) is 2. The molecule has 0 fully saturated rings. The summed E-state index contributed by atoms with van der Waals surface area (Å²) in [6.07, 6.45) is 3.41. The van der Waals surface area contributed by atoms with Crippen LogP contribution in [0.2, 0.25) is 10.0 Å². The highest BCUT2D eigenvalue weighted by molar-refractivity contribution is 8.03. The summed E-state index contributed by atoms with van der Waals surface area (Å²) in [7, 11) is 0. The number of pyridine rings is 1. The van der Waals surface area contributed by atoms with E-state index in [4.69, 9.17) is 38.7 Å². The minimum Gasteiger partial charge on any atom is -0.444 e. The summed E-state index contributed by atoms with van der Waals surface area (Å²) < 4.78 is 5.08. The Hall–Kier alpha value is -2.02. The molecule has 152 valence electrons. The summed E-state index contributed by atoms with van der Waals surface area (Å²) in [4.78, 5) is 22.1. The van der Waals surface area contributed by atoms with E-state index >= 15 is 0 Å². The van der Waals surface area contributed by atoms with Crippen molar-refractivity contribution in [2.75, 3.05) is 6.61 Å². The Kier molecular flexibility index (Phi) is 7.22. The average Bonchev–Trinajstić information content (AvgIpc) is 2.97. The second-order valence-corrected chi connectivity index (χ2v) is 8.92. The van der Waals surface area contributed by atoms with Gasteiger partial charge in [0.25, 0.3) is 0 Å². The third-order valence-corrected chi connectivity index (χ3v) is 6.02. The van der Waals surface area contributed by atoms with Crippen LogP contribution < -0.4 is 5.73 Å². The van der Waals surface area contributed by atoms with Gasteiger partial charge in [0.2, 0.25) is 0 Å². The van der Waals surface area contributed by atoms with Crippen LogP contribution in [-0.4, -0.2) is 23.4 Å². The van der Waals surface area contributed by atoms with E-state index < -0.39 is 6.09 Å². The molecule has 1 aromatic carbocycles. The van der Waals surface area contributed by atoms with E-state index in [0.29, 0.717) is 16.5 Å². The monoisotopic (exact) mass is 449 g/mol. The zero-order valence-electron chi connectivity index (χ0n) is 16.1. The van der Waals surface area contributed by atoms with Crippen molar-refractivity contribution in [3.05, 3.63) is 68.9 Å². The fraction of sp³-hybridized carbons (Fsp3) is 0.286. The minimum absolute atomic E-state index is 0.0445. The van der Waals surface area contributed by atoms with Crippen LogP contribution in [0.15, 0.2) is 63.2 Å². The maximum atomic E-state index is 11.2. The molecule has 2 aromatic rings. The van der Waals surface area contributed by atoms with Gasteiger partial charge in [-0.15, -0.1) is 0 Å². The molecular formula is C21H21Cl2N3O2S. The van der Waals surface area contributed by atoms with Crippen LogP contribution in [-0.2, 0) is 11.2 Å². The van der Waals surface area contributed by atoms with E-state index in [0.717, 1.165) is 26.8 Å². The van der Waals surface area contributed by atoms with Crippen molar-refractivity contribution >= 4 is 46.8 Å². The Morgan fingerprint density at radius 2 is 1.86 bits per heavy atom. The largest absolute Gasteiger partial charge is 0.444 e. The van der Waals surface area contributed by atoms with Gasteiger partial charge in [0.05, 0.1) is 11.4 Å². The van der Waals surface area contributed by atoms with Gasteiger partial charge in [0.1, 0.15) is 6.61 Å². The van der Waals surface area contributed by atoms with Crippen LogP contribution in [0.3, 0.4) is 0 Å². The predicted molar refractivity (Wildman–Crippen MR) is 119 cm³/mol. The molecule has 3 rings (SSSR count). The molecule has 1 amide bonds. The lowest BCUT2D eigenvalue weighted by Crippen LogP contribution is -2.24. The second kappa shape index (κ2) is 9.65. The Morgan fingerprint density at radius 3 is 2.45 bits per heavy atom. The van der Waals surface area contributed by atoms with E-state index in [1.54, 1.807) is 30.2 Å². The number of primary amides is 1. The number of carbonyl (C=O) groups excluding carboxylic acids is 1. The SMILES string of the molecule is CC(C)C1=C(Sc2cc(Cl)cc(Cl)c2)C(Cc2ccncc2)C(COC(N)=O)=N1. The number of thioether (sulfide) groups is 1. The van der Waals surface area contributed by atoms with Crippen LogP contribution in [0, 0.1) is 11.8 Å². The van der Waals surface area contributed by atoms with Gasteiger partial charge in [-0.2, -0.15) is 0 Å². The van der Waals surface area contributed by atoms with Gasteiger partial charge < -0.3 is 10.5 Å². The first-order valence-corrected chi connectivity index (χ1v) is 10.7. The molecule has 2 N–H and O–H groups in total. The lowest BCUT2D eigenvalue weighted by molar-refractivity contribution is 0.172. The third kappa shape index (κ3) is 5.75. The maximum absolute atomic E-state index is 11.2. The number of hydrogen-bond donors (Lipinski definition) is 1. The van der Waals surface area contributed by atoms with Gasteiger partial charge in [-0.3, -0.25) is 9.98 Å². The van der Waals surface area contributed by atoms with Gasteiger partial charge in [-0.1, -0.05) is 48.8 Å². The Bertz CT molecular complexity index is 941. The molecule has 0 aliphatic carbocycles. The number of rotatable bonds is 7. The average molecular weight is 450 g/mol. The van der Waals surface area contributed by atoms with Gasteiger partial charge in [0, 0.05) is 38.2 Å². The van der Waals surface area contributed by atoms with Crippen LogP contribution in [0.4, 0.5) is 4.79 Å². The smallest absolute Gasteiger partial charge is 0.404 e. The molecule has 29 heavy (non-hydrogen) atoms. The Balaban J connectivity index is 1.97. The number of carbonyl (C=O) groups is 1. The van der Waals surface area contributed by atoms with Crippen molar-refractivity contribution < 1.29 is 9.53 Å². The molecular weight excluding hydrogens is 429 g/mol. The molecule has 1 aliphatic rings. The number of aromatic nitrogens is 1. The third-order valence-electron chi connectivity index (χ3n) is 4.40. The first kappa shape index (κ1) is 21.7. The fourth-order valence-electron chi connectivity index (χ4n) is 3.11. The minimum atomic E-state index is -0.816. The Morgan fingerprint density at radius 1 is 1.21 bits per heavy atom. The molecule has 0 bridgehead atoms. The topological polar surface area (TPSA) is 77.6 Å². The highest BCUT2D eigenvalue weighted by atomic mass is 35.5. The van der Waals surface area contributed by atoms with E-state index in [1.807, 2.05) is 24.3 Å². The number of benzene rings is 1. The molecule has 1 aliphatic heterocycles. The molecule has 1 aromatic heterocycles. The lowest BCUT2D eigenvalue weighted by Gasteiger charge is -2.19. The summed E-state index contributed by atoms with van der Waals surface area (Å²) in [6, 6.07) is 9.41. The molecule has 1 atom stereocenters. The number of ether oxygens (including phenoxy) is 1. The predicted octanol–water partition coefficient (Wildman–Crippen LogP) is 5.76.